The molecule has 0 amide bonds. The maximum Gasteiger partial charge on any atom is 0.0382 e. The van der Waals surface area contributed by atoms with Crippen LogP contribution in [0.5, 0.6) is 0 Å². The number of allylic oxidation sites excluding steroid dienone is 1. The minimum atomic E-state index is 0.630. The number of hydrogen-bond acceptors (Lipinski definition) is 1. The van der Waals surface area contributed by atoms with Crippen molar-refractivity contribution in [2.45, 2.75) is 13.0 Å². The van der Waals surface area contributed by atoms with Gasteiger partial charge in [0.1, 0.15) is 0 Å². The molecule has 0 saturated carbocycles. The van der Waals surface area contributed by atoms with Gasteiger partial charge in [0, 0.05) is 12.6 Å². The van der Waals surface area contributed by atoms with Gasteiger partial charge in [-0.3, -0.25) is 0 Å². The van der Waals surface area contributed by atoms with Crippen LogP contribution in [0.2, 0.25) is 0 Å². The van der Waals surface area contributed by atoms with Crippen molar-refractivity contribution in [3.63, 3.8) is 0 Å². The molecule has 1 nitrogen and oxygen atoms in total. The predicted octanol–water partition coefficient (Wildman–Crippen LogP) is 2.06. The molecule has 12 heavy (non-hydrogen) atoms. The number of nitrogens with one attached hydrogen (secondary N) is 1. The normalized spacial score (nSPS) is 22.4. The molecule has 1 N–H and O–H groups in total. The molecular weight excluding hydrogens is 146 g/mol. The van der Waals surface area contributed by atoms with Gasteiger partial charge < -0.3 is 5.32 Å². The summed E-state index contributed by atoms with van der Waals surface area (Å²) in [4.78, 5) is 0. The Bertz CT molecular complexity index is 283. The Kier molecular flexibility index (Phi) is 1.96. The lowest BCUT2D eigenvalue weighted by molar-refractivity contribution is 1.20. The number of rotatable bonds is 2. The van der Waals surface area contributed by atoms with Crippen LogP contribution in [0.1, 0.15) is 12.5 Å². The summed E-state index contributed by atoms with van der Waals surface area (Å²) in [5.74, 6) is 0. The van der Waals surface area contributed by atoms with Gasteiger partial charge >= 0.3 is 0 Å². The molecule has 1 aromatic rings. The summed E-state index contributed by atoms with van der Waals surface area (Å²) in [5, 5.41) is 3.26. The molecule has 1 aromatic carbocycles. The summed E-state index contributed by atoms with van der Waals surface area (Å²) in [5.41, 5.74) is 2.69. The zero-order valence-electron chi connectivity index (χ0n) is 7.25. The van der Waals surface area contributed by atoms with E-state index in [0.29, 0.717) is 6.04 Å². The molecule has 2 rings (SSSR count). The van der Waals surface area contributed by atoms with Crippen LogP contribution < -0.4 is 5.32 Å². The van der Waals surface area contributed by atoms with E-state index in [0.717, 1.165) is 6.54 Å². The van der Waals surface area contributed by atoms with Gasteiger partial charge in [-0.15, -0.1) is 0 Å². The summed E-state index contributed by atoms with van der Waals surface area (Å²) in [7, 11) is 0. The summed E-state index contributed by atoms with van der Waals surface area (Å²) in [6.07, 6.45) is 2.29. The molecule has 0 aromatic heterocycles. The summed E-state index contributed by atoms with van der Waals surface area (Å²) in [6, 6.07) is 11.1. The molecule has 1 aliphatic heterocycles. The monoisotopic (exact) mass is 159 g/mol. The Morgan fingerprint density at radius 1 is 1.42 bits per heavy atom. The Labute approximate surface area is 73.1 Å². The van der Waals surface area contributed by atoms with Crippen molar-refractivity contribution < 1.29 is 0 Å². The van der Waals surface area contributed by atoms with E-state index in [9.17, 15) is 0 Å². The second-order valence-electron chi connectivity index (χ2n) is 3.23. The van der Waals surface area contributed by atoms with Gasteiger partial charge in [-0.1, -0.05) is 36.4 Å². The van der Waals surface area contributed by atoms with Gasteiger partial charge in [0.2, 0.25) is 0 Å². The van der Waals surface area contributed by atoms with Crippen molar-refractivity contribution >= 4 is 5.57 Å². The van der Waals surface area contributed by atoms with E-state index < -0.39 is 0 Å². The average molecular weight is 159 g/mol. The van der Waals surface area contributed by atoms with Crippen molar-refractivity contribution in [2.75, 3.05) is 6.54 Å². The van der Waals surface area contributed by atoms with Gasteiger partial charge in [0.25, 0.3) is 0 Å². The Hall–Kier alpha value is -1.08. The first-order valence-electron chi connectivity index (χ1n) is 4.33. The molecule has 0 aliphatic carbocycles. The third-order valence-electron chi connectivity index (χ3n) is 2.12. The molecule has 1 aliphatic rings. The van der Waals surface area contributed by atoms with Gasteiger partial charge in [0.05, 0.1) is 0 Å². The van der Waals surface area contributed by atoms with Crippen LogP contribution in [0, 0.1) is 0 Å². The smallest absolute Gasteiger partial charge is 0.0382 e. The van der Waals surface area contributed by atoms with Crippen LogP contribution in [0.15, 0.2) is 36.4 Å². The highest BCUT2D eigenvalue weighted by atomic mass is 15.1. The van der Waals surface area contributed by atoms with E-state index >= 15 is 0 Å². The fourth-order valence-electron chi connectivity index (χ4n) is 1.28. The molecule has 0 spiro atoms. The van der Waals surface area contributed by atoms with Gasteiger partial charge in [-0.2, -0.15) is 0 Å². The van der Waals surface area contributed by atoms with Crippen molar-refractivity contribution in [3.8, 4) is 0 Å². The minimum Gasteiger partial charge on any atom is -0.307 e. The van der Waals surface area contributed by atoms with Crippen LogP contribution in [0.4, 0.5) is 0 Å². The predicted molar refractivity (Wildman–Crippen MR) is 51.9 cm³/mol. The van der Waals surface area contributed by atoms with E-state index in [1.807, 2.05) is 6.07 Å². The first-order valence-corrected chi connectivity index (χ1v) is 4.33. The summed E-state index contributed by atoms with van der Waals surface area (Å²) in [6.45, 7) is 3.31. The second-order valence-corrected chi connectivity index (χ2v) is 3.23. The molecule has 0 bridgehead atoms. The Balaban J connectivity index is 2.18. The highest BCUT2D eigenvalue weighted by Crippen LogP contribution is 2.15. The molecule has 1 heterocycles. The molecule has 1 heteroatoms. The summed E-state index contributed by atoms with van der Waals surface area (Å²) < 4.78 is 0. The third-order valence-corrected chi connectivity index (χ3v) is 2.12. The highest BCUT2D eigenvalue weighted by molar-refractivity contribution is 5.64. The quantitative estimate of drug-likeness (QED) is 0.655. The van der Waals surface area contributed by atoms with Crippen LogP contribution in [0.3, 0.4) is 0 Å². The zero-order valence-corrected chi connectivity index (χ0v) is 7.25. The van der Waals surface area contributed by atoms with E-state index in [4.69, 9.17) is 0 Å². The first kappa shape index (κ1) is 7.56. The van der Waals surface area contributed by atoms with Gasteiger partial charge in [-0.25, -0.2) is 0 Å². The number of hydrogen-bond donors (Lipinski definition) is 1. The molecule has 1 saturated heterocycles. The molecule has 1 unspecified atom stereocenters. The maximum atomic E-state index is 3.26. The van der Waals surface area contributed by atoms with Gasteiger partial charge in [-0.05, 0) is 18.1 Å². The Morgan fingerprint density at radius 3 is 2.67 bits per heavy atom. The molecule has 1 fully saturated rings. The van der Waals surface area contributed by atoms with Crippen molar-refractivity contribution in [3.05, 3.63) is 42.0 Å². The van der Waals surface area contributed by atoms with Crippen molar-refractivity contribution in [2.24, 2.45) is 0 Å². The molecule has 1 atom stereocenters. The van der Waals surface area contributed by atoms with Crippen LogP contribution in [-0.4, -0.2) is 12.6 Å². The van der Waals surface area contributed by atoms with E-state index in [-0.39, 0.29) is 0 Å². The van der Waals surface area contributed by atoms with E-state index in [1.54, 1.807) is 0 Å². The van der Waals surface area contributed by atoms with Gasteiger partial charge in [0.15, 0.2) is 0 Å². The van der Waals surface area contributed by atoms with Crippen LogP contribution in [0.25, 0.3) is 5.57 Å². The lowest BCUT2D eigenvalue weighted by atomic mass is 10.1. The molecular formula is C11H13N. The zero-order chi connectivity index (χ0) is 8.39. The lowest BCUT2D eigenvalue weighted by Gasteiger charge is -1.99. The fourth-order valence-corrected chi connectivity index (χ4v) is 1.28. The molecule has 62 valence electrons. The minimum absolute atomic E-state index is 0.630. The Morgan fingerprint density at radius 2 is 2.08 bits per heavy atom. The van der Waals surface area contributed by atoms with Crippen LogP contribution >= 0.6 is 0 Å². The largest absolute Gasteiger partial charge is 0.307 e. The first-order chi connectivity index (χ1) is 5.86. The standard InChI is InChI=1S/C11H13N/c1-9(7-11-8-12-11)10-5-3-2-4-6-10/h2-7,11-12H,8H2,1H3/b9-7-. The average Bonchev–Trinajstić information content (AvgIpc) is 2.90. The second kappa shape index (κ2) is 3.11. The SMILES string of the molecule is C/C(=C/C1CN1)c1ccccc1. The van der Waals surface area contributed by atoms with E-state index in [2.05, 4.69) is 42.6 Å². The van der Waals surface area contributed by atoms with E-state index in [1.165, 1.54) is 11.1 Å². The fraction of sp³-hybridized carbons (Fsp3) is 0.273. The maximum absolute atomic E-state index is 3.26. The molecule has 0 radical (unpaired) electrons. The lowest BCUT2D eigenvalue weighted by Crippen LogP contribution is -1.85. The van der Waals surface area contributed by atoms with Crippen molar-refractivity contribution in [1.82, 2.24) is 5.32 Å². The topological polar surface area (TPSA) is 21.9 Å². The summed E-state index contributed by atoms with van der Waals surface area (Å²) >= 11 is 0. The van der Waals surface area contributed by atoms with Crippen molar-refractivity contribution in [1.29, 1.82) is 0 Å². The highest BCUT2D eigenvalue weighted by Gasteiger charge is 2.16. The van der Waals surface area contributed by atoms with Crippen LogP contribution in [-0.2, 0) is 0 Å². The number of benzene rings is 1. The third kappa shape index (κ3) is 1.74.